The Bertz CT molecular complexity index is 43.7. The van der Waals surface area contributed by atoms with Gasteiger partial charge in [0.15, 0.2) is 0 Å². The minimum Gasteiger partial charge on any atom is -0.124 e. The van der Waals surface area contributed by atoms with Crippen LogP contribution >= 0.6 is 23.2 Å². The number of rotatable bonds is 0. The quantitative estimate of drug-likeness (QED) is 0.488. The highest BCUT2D eigenvalue weighted by atomic mass is 35.5. The summed E-state index contributed by atoms with van der Waals surface area (Å²) in [6.45, 7) is 9.72. The Hall–Kier alpha value is 0.580. The molecule has 0 heterocycles. The molecule has 0 bridgehead atoms. The molecule has 0 saturated heterocycles. The van der Waals surface area contributed by atoms with Gasteiger partial charge in [-0.25, -0.2) is 0 Å². The van der Waals surface area contributed by atoms with Gasteiger partial charge < -0.3 is 0 Å². The minimum atomic E-state index is -0.0278. The van der Waals surface area contributed by atoms with E-state index in [1.807, 2.05) is 34.6 Å². The van der Waals surface area contributed by atoms with Gasteiger partial charge in [-0.1, -0.05) is 0 Å². The Morgan fingerprint density at radius 3 is 1.11 bits per heavy atom. The van der Waals surface area contributed by atoms with E-state index in [1.165, 1.54) is 0 Å². The average molecular weight is 171 g/mol. The van der Waals surface area contributed by atoms with E-state index >= 15 is 0 Å². The van der Waals surface area contributed by atoms with Gasteiger partial charge in [-0.05, 0) is 34.6 Å². The van der Waals surface area contributed by atoms with Gasteiger partial charge in [0.1, 0.15) is 0 Å². The second-order valence-electron chi connectivity index (χ2n) is 3.08. The van der Waals surface area contributed by atoms with Gasteiger partial charge in [0.25, 0.3) is 0 Å². The van der Waals surface area contributed by atoms with Crippen LogP contribution in [0.5, 0.6) is 0 Å². The molecule has 0 saturated carbocycles. The Balaban J connectivity index is 0. The second kappa shape index (κ2) is 5.37. The summed E-state index contributed by atoms with van der Waals surface area (Å²) >= 11 is 10.8. The van der Waals surface area contributed by atoms with Gasteiger partial charge in [0, 0.05) is 10.3 Å². The van der Waals surface area contributed by atoms with Crippen molar-refractivity contribution in [2.24, 2.45) is 0 Å². The lowest BCUT2D eigenvalue weighted by Gasteiger charge is -2.01. The van der Waals surface area contributed by atoms with Gasteiger partial charge in [0.05, 0.1) is 0 Å². The Morgan fingerprint density at radius 2 is 1.11 bits per heavy atom. The van der Waals surface area contributed by atoms with Crippen molar-refractivity contribution in [3.63, 3.8) is 0 Å². The van der Waals surface area contributed by atoms with Crippen molar-refractivity contribution < 1.29 is 0 Å². The SMILES string of the molecule is CC(C)(C)Cl.CC(C)Cl. The molecule has 0 aromatic rings. The maximum atomic E-state index is 5.53. The fourth-order valence-electron chi connectivity index (χ4n) is 0. The lowest BCUT2D eigenvalue weighted by Crippen LogP contribution is -1.99. The van der Waals surface area contributed by atoms with E-state index in [9.17, 15) is 0 Å². The Kier molecular flexibility index (Phi) is 7.33. The molecule has 0 N–H and O–H groups in total. The highest BCUT2D eigenvalue weighted by Gasteiger charge is 1.99. The van der Waals surface area contributed by atoms with E-state index < -0.39 is 0 Å². The third-order valence-electron chi connectivity index (χ3n) is 0. The van der Waals surface area contributed by atoms with E-state index in [-0.39, 0.29) is 4.87 Å². The highest BCUT2D eigenvalue weighted by molar-refractivity contribution is 6.23. The van der Waals surface area contributed by atoms with Crippen LogP contribution in [-0.4, -0.2) is 10.3 Å². The second-order valence-corrected chi connectivity index (χ2v) is 5.09. The summed E-state index contributed by atoms with van der Waals surface area (Å²) in [7, 11) is 0. The van der Waals surface area contributed by atoms with Gasteiger partial charge >= 0.3 is 0 Å². The van der Waals surface area contributed by atoms with Crippen LogP contribution in [0, 0.1) is 0 Å². The first-order valence-corrected chi connectivity index (χ1v) is 3.88. The van der Waals surface area contributed by atoms with Crippen LogP contribution in [-0.2, 0) is 0 Å². The standard InChI is InChI=1S/C4H9Cl.C3H7Cl/c1-4(2,3)5;1-3(2)4/h1-3H3;3H,1-2H3. The number of hydrogen-bond acceptors (Lipinski definition) is 0. The topological polar surface area (TPSA) is 0 Å². The number of alkyl halides is 2. The highest BCUT2D eigenvalue weighted by Crippen LogP contribution is 2.07. The van der Waals surface area contributed by atoms with Crippen LogP contribution in [0.1, 0.15) is 34.6 Å². The third-order valence-corrected chi connectivity index (χ3v) is 0. The molecule has 2 heteroatoms. The van der Waals surface area contributed by atoms with Gasteiger partial charge in [0.2, 0.25) is 0 Å². The van der Waals surface area contributed by atoms with Crippen molar-refractivity contribution in [3.8, 4) is 0 Å². The number of hydrogen-bond donors (Lipinski definition) is 0. The lowest BCUT2D eigenvalue weighted by molar-refractivity contribution is 0.788. The molecule has 0 aliphatic heterocycles. The van der Waals surface area contributed by atoms with Crippen LogP contribution in [0.2, 0.25) is 0 Å². The van der Waals surface area contributed by atoms with E-state index in [2.05, 4.69) is 0 Å². The predicted molar refractivity (Wildman–Crippen MR) is 46.6 cm³/mol. The molecule has 0 aliphatic carbocycles. The van der Waals surface area contributed by atoms with E-state index in [0.29, 0.717) is 5.38 Å². The molecule has 0 radical (unpaired) electrons. The summed E-state index contributed by atoms with van der Waals surface area (Å²) in [5.74, 6) is 0. The Morgan fingerprint density at radius 1 is 1.11 bits per heavy atom. The maximum Gasteiger partial charge on any atom is 0.0362 e. The molecular formula is C7H16Cl2. The van der Waals surface area contributed by atoms with Crippen LogP contribution in [0.25, 0.3) is 0 Å². The molecule has 0 amide bonds. The van der Waals surface area contributed by atoms with Gasteiger partial charge in [-0.15, -0.1) is 23.2 Å². The summed E-state index contributed by atoms with van der Waals surface area (Å²) in [4.78, 5) is -0.0278. The molecule has 0 aromatic carbocycles. The van der Waals surface area contributed by atoms with Crippen molar-refractivity contribution in [1.82, 2.24) is 0 Å². The monoisotopic (exact) mass is 170 g/mol. The first kappa shape index (κ1) is 12.3. The summed E-state index contributed by atoms with van der Waals surface area (Å²) in [6, 6.07) is 0. The molecule has 0 spiro atoms. The van der Waals surface area contributed by atoms with Crippen LogP contribution < -0.4 is 0 Å². The molecule has 0 rings (SSSR count). The molecule has 0 fully saturated rings. The summed E-state index contributed by atoms with van der Waals surface area (Å²) in [6.07, 6.45) is 0. The van der Waals surface area contributed by atoms with Crippen LogP contribution in [0.3, 0.4) is 0 Å². The summed E-state index contributed by atoms with van der Waals surface area (Å²) in [5, 5.41) is 0.306. The third kappa shape index (κ3) is 1100. The van der Waals surface area contributed by atoms with E-state index in [1.54, 1.807) is 0 Å². The van der Waals surface area contributed by atoms with Crippen molar-refractivity contribution in [2.45, 2.75) is 44.9 Å². The molecule has 9 heavy (non-hydrogen) atoms. The molecule has 0 aromatic heterocycles. The predicted octanol–water partition coefficient (Wildman–Crippen LogP) is 3.66. The van der Waals surface area contributed by atoms with Crippen molar-refractivity contribution in [1.29, 1.82) is 0 Å². The van der Waals surface area contributed by atoms with Gasteiger partial charge in [-0.2, -0.15) is 0 Å². The normalized spacial score (nSPS) is 10.7. The number of halogens is 2. The smallest absolute Gasteiger partial charge is 0.0362 e. The molecule has 0 atom stereocenters. The fraction of sp³-hybridized carbons (Fsp3) is 1.00. The van der Waals surface area contributed by atoms with E-state index in [0.717, 1.165) is 0 Å². The first-order valence-electron chi connectivity index (χ1n) is 3.06. The molecule has 0 unspecified atom stereocenters. The van der Waals surface area contributed by atoms with Crippen molar-refractivity contribution >= 4 is 23.2 Å². The summed E-state index contributed by atoms with van der Waals surface area (Å²) in [5.41, 5.74) is 0. The maximum absolute atomic E-state index is 5.53. The van der Waals surface area contributed by atoms with Crippen molar-refractivity contribution in [2.75, 3.05) is 0 Å². The van der Waals surface area contributed by atoms with Crippen LogP contribution in [0.15, 0.2) is 0 Å². The Labute approximate surface area is 68.5 Å². The van der Waals surface area contributed by atoms with Crippen LogP contribution in [0.4, 0.5) is 0 Å². The lowest BCUT2D eigenvalue weighted by atomic mass is 10.3. The van der Waals surface area contributed by atoms with Crippen molar-refractivity contribution in [3.05, 3.63) is 0 Å². The summed E-state index contributed by atoms with van der Waals surface area (Å²) < 4.78 is 0. The average Bonchev–Trinajstić information content (AvgIpc) is 1.19. The molecule has 0 nitrogen and oxygen atoms in total. The molecule has 58 valence electrons. The zero-order chi connectivity index (χ0) is 8.08. The van der Waals surface area contributed by atoms with E-state index in [4.69, 9.17) is 23.2 Å². The molecule has 0 aliphatic rings. The minimum absolute atomic E-state index is 0.0278. The molecular weight excluding hydrogens is 155 g/mol. The fourth-order valence-corrected chi connectivity index (χ4v) is 0. The van der Waals surface area contributed by atoms with Gasteiger partial charge in [-0.3, -0.25) is 0 Å². The zero-order valence-electron chi connectivity index (χ0n) is 6.83. The first-order chi connectivity index (χ1) is 3.73. The largest absolute Gasteiger partial charge is 0.124 e. The zero-order valence-corrected chi connectivity index (χ0v) is 8.35.